The summed E-state index contributed by atoms with van der Waals surface area (Å²) in [5.74, 6) is 0.355. The van der Waals surface area contributed by atoms with Crippen LogP contribution in [0.5, 0.6) is 5.75 Å². The first-order valence-corrected chi connectivity index (χ1v) is 7.50. The van der Waals surface area contributed by atoms with Gasteiger partial charge in [-0.3, -0.25) is 0 Å². The van der Waals surface area contributed by atoms with Crippen molar-refractivity contribution >= 4 is 0 Å². The van der Waals surface area contributed by atoms with Gasteiger partial charge in [-0.25, -0.2) is 0 Å². The maximum atomic E-state index is 10.2. The van der Waals surface area contributed by atoms with E-state index < -0.39 is 0 Å². The summed E-state index contributed by atoms with van der Waals surface area (Å²) in [7, 11) is 0. The molecular weight excluding hydrogens is 238 g/mol. The molecule has 0 saturated heterocycles. The van der Waals surface area contributed by atoms with Crippen molar-refractivity contribution in [1.29, 1.82) is 0 Å². The summed E-state index contributed by atoms with van der Waals surface area (Å²) in [4.78, 5) is 0. The van der Waals surface area contributed by atoms with Gasteiger partial charge in [0.1, 0.15) is 5.75 Å². The Labute approximate surface area is 114 Å². The van der Waals surface area contributed by atoms with Crippen LogP contribution in [0.3, 0.4) is 0 Å². The van der Waals surface area contributed by atoms with Gasteiger partial charge in [-0.05, 0) is 48.9 Å². The lowest BCUT2D eigenvalue weighted by molar-refractivity contribution is 0.113. The second-order valence-corrected chi connectivity index (χ2v) is 5.95. The van der Waals surface area contributed by atoms with E-state index in [9.17, 15) is 10.2 Å². The number of rotatable bonds is 2. The highest BCUT2D eigenvalue weighted by atomic mass is 16.3. The quantitative estimate of drug-likeness (QED) is 0.717. The van der Waals surface area contributed by atoms with E-state index in [1.807, 2.05) is 12.1 Å². The highest BCUT2D eigenvalue weighted by Gasteiger charge is 2.28. The second-order valence-electron chi connectivity index (χ2n) is 5.95. The number of aliphatic hydroxyl groups is 1. The van der Waals surface area contributed by atoms with Crippen molar-refractivity contribution in [3.05, 3.63) is 29.3 Å². The van der Waals surface area contributed by atoms with Crippen LogP contribution in [0.15, 0.2) is 18.2 Å². The molecule has 104 valence electrons. The maximum Gasteiger partial charge on any atom is 0.115 e. The molecule has 3 atom stereocenters. The predicted molar refractivity (Wildman–Crippen MR) is 75.2 cm³/mol. The van der Waals surface area contributed by atoms with Gasteiger partial charge in [0.15, 0.2) is 0 Å². The van der Waals surface area contributed by atoms with Crippen molar-refractivity contribution in [2.75, 3.05) is 0 Å². The summed E-state index contributed by atoms with van der Waals surface area (Å²) < 4.78 is 0. The molecule has 0 bridgehead atoms. The molecule has 0 spiro atoms. The van der Waals surface area contributed by atoms with Crippen LogP contribution in [0, 0.1) is 0 Å². The molecule has 0 aliphatic heterocycles. The molecule has 3 rings (SSSR count). The van der Waals surface area contributed by atoms with Gasteiger partial charge in [-0.1, -0.05) is 25.3 Å². The normalized spacial score (nSPS) is 30.9. The largest absolute Gasteiger partial charge is 0.508 e. The molecule has 2 aliphatic carbocycles. The highest BCUT2D eigenvalue weighted by Crippen LogP contribution is 2.34. The van der Waals surface area contributed by atoms with Gasteiger partial charge in [0, 0.05) is 12.1 Å². The summed E-state index contributed by atoms with van der Waals surface area (Å²) in [6.07, 6.45) is 7.48. The van der Waals surface area contributed by atoms with Crippen molar-refractivity contribution in [3.63, 3.8) is 0 Å². The maximum absolute atomic E-state index is 10.2. The first-order valence-electron chi connectivity index (χ1n) is 7.50. The zero-order valence-electron chi connectivity index (χ0n) is 11.3. The molecular formula is C16H23NO2. The zero-order valence-corrected chi connectivity index (χ0v) is 11.3. The number of hydrogen-bond acceptors (Lipinski definition) is 3. The van der Waals surface area contributed by atoms with Crippen LogP contribution < -0.4 is 5.32 Å². The third-order valence-electron chi connectivity index (χ3n) is 4.60. The van der Waals surface area contributed by atoms with E-state index in [1.54, 1.807) is 6.07 Å². The summed E-state index contributed by atoms with van der Waals surface area (Å²) >= 11 is 0. The molecule has 1 saturated carbocycles. The molecule has 0 radical (unpaired) electrons. The van der Waals surface area contributed by atoms with Crippen LogP contribution in [0.4, 0.5) is 0 Å². The highest BCUT2D eigenvalue weighted by molar-refractivity contribution is 5.40. The third-order valence-corrected chi connectivity index (χ3v) is 4.60. The number of aromatic hydroxyl groups is 1. The number of hydrogen-bond donors (Lipinski definition) is 3. The average molecular weight is 261 g/mol. The second kappa shape index (κ2) is 5.51. The topological polar surface area (TPSA) is 52.5 Å². The molecule has 3 unspecified atom stereocenters. The Bertz CT molecular complexity index is 446. The van der Waals surface area contributed by atoms with E-state index in [4.69, 9.17) is 0 Å². The first kappa shape index (κ1) is 12.9. The van der Waals surface area contributed by atoms with Crippen LogP contribution in [0.2, 0.25) is 0 Å². The Kier molecular flexibility index (Phi) is 3.76. The molecule has 1 aromatic carbocycles. The summed E-state index contributed by atoms with van der Waals surface area (Å²) in [5, 5.41) is 23.4. The predicted octanol–water partition coefficient (Wildman–Crippen LogP) is 2.66. The average Bonchev–Trinajstić information content (AvgIpc) is 2.67. The molecule has 0 aromatic heterocycles. The van der Waals surface area contributed by atoms with E-state index in [0.29, 0.717) is 11.8 Å². The van der Waals surface area contributed by atoms with Crippen molar-refractivity contribution < 1.29 is 10.2 Å². The fraction of sp³-hybridized carbons (Fsp3) is 0.625. The van der Waals surface area contributed by atoms with Gasteiger partial charge in [0.25, 0.3) is 0 Å². The van der Waals surface area contributed by atoms with Gasteiger partial charge in [0.05, 0.1) is 6.10 Å². The first-order chi connectivity index (χ1) is 9.24. The Morgan fingerprint density at radius 2 is 1.89 bits per heavy atom. The Balaban J connectivity index is 1.71. The lowest BCUT2D eigenvalue weighted by Crippen LogP contribution is -2.40. The van der Waals surface area contributed by atoms with Crippen LogP contribution in [0.1, 0.15) is 55.7 Å². The third kappa shape index (κ3) is 2.77. The Hall–Kier alpha value is -1.06. The number of phenolic OH excluding ortho intramolecular Hbond substituents is 1. The number of fused-ring (bicyclic) bond motifs is 1. The molecule has 0 heterocycles. The van der Waals surface area contributed by atoms with Crippen molar-refractivity contribution in [1.82, 2.24) is 5.32 Å². The number of phenols is 1. The van der Waals surface area contributed by atoms with Crippen molar-refractivity contribution in [2.45, 2.75) is 63.1 Å². The van der Waals surface area contributed by atoms with E-state index in [2.05, 4.69) is 5.32 Å². The monoisotopic (exact) mass is 261 g/mol. The minimum absolute atomic E-state index is 0.205. The number of aliphatic hydroxyl groups excluding tert-OH is 1. The number of nitrogens with one attached hydrogen (secondary N) is 1. The van der Waals surface area contributed by atoms with E-state index in [0.717, 1.165) is 32.1 Å². The Morgan fingerprint density at radius 1 is 1.05 bits per heavy atom. The summed E-state index contributed by atoms with van der Waals surface area (Å²) in [6.45, 7) is 0. The smallest absolute Gasteiger partial charge is 0.115 e. The summed E-state index contributed by atoms with van der Waals surface area (Å²) in [5.41, 5.74) is 2.55. The molecule has 3 N–H and O–H groups in total. The van der Waals surface area contributed by atoms with E-state index in [-0.39, 0.29) is 12.1 Å². The van der Waals surface area contributed by atoms with Gasteiger partial charge >= 0.3 is 0 Å². The van der Waals surface area contributed by atoms with Gasteiger partial charge in [-0.15, -0.1) is 0 Å². The Morgan fingerprint density at radius 3 is 2.79 bits per heavy atom. The summed E-state index contributed by atoms with van der Waals surface area (Å²) in [6, 6.07) is 6.24. The van der Waals surface area contributed by atoms with Gasteiger partial charge < -0.3 is 15.5 Å². The zero-order chi connectivity index (χ0) is 13.2. The minimum atomic E-state index is -0.205. The van der Waals surface area contributed by atoms with Crippen LogP contribution >= 0.6 is 0 Å². The lowest BCUT2D eigenvalue weighted by atomic mass is 10.0. The standard InChI is InChI=1S/C16H23NO2/c18-12-7-8-13-11(10-12)6-9-14(13)17-15-4-2-1-3-5-16(15)19/h7-8,10,14-19H,1-6,9H2. The molecule has 1 aromatic rings. The van der Waals surface area contributed by atoms with Crippen LogP contribution in [-0.4, -0.2) is 22.4 Å². The van der Waals surface area contributed by atoms with Crippen molar-refractivity contribution in [2.24, 2.45) is 0 Å². The molecule has 3 nitrogen and oxygen atoms in total. The lowest BCUT2D eigenvalue weighted by Gasteiger charge is -2.26. The number of aryl methyl sites for hydroxylation is 1. The minimum Gasteiger partial charge on any atom is -0.508 e. The van der Waals surface area contributed by atoms with Gasteiger partial charge in [-0.2, -0.15) is 0 Å². The molecule has 19 heavy (non-hydrogen) atoms. The van der Waals surface area contributed by atoms with E-state index >= 15 is 0 Å². The number of benzene rings is 1. The molecule has 3 heteroatoms. The fourth-order valence-corrected chi connectivity index (χ4v) is 3.52. The van der Waals surface area contributed by atoms with E-state index in [1.165, 1.54) is 24.0 Å². The molecule has 1 fully saturated rings. The van der Waals surface area contributed by atoms with Crippen LogP contribution in [0.25, 0.3) is 0 Å². The fourth-order valence-electron chi connectivity index (χ4n) is 3.52. The SMILES string of the molecule is Oc1ccc2c(c1)CCC2NC1CCCCCC1O. The van der Waals surface area contributed by atoms with Crippen LogP contribution in [-0.2, 0) is 6.42 Å². The molecule has 2 aliphatic rings. The molecule has 0 amide bonds. The van der Waals surface area contributed by atoms with Gasteiger partial charge in [0.2, 0.25) is 0 Å². The van der Waals surface area contributed by atoms with Crippen molar-refractivity contribution in [3.8, 4) is 5.75 Å².